The third-order valence-electron chi connectivity index (χ3n) is 5.23. The van der Waals surface area contributed by atoms with Crippen LogP contribution >= 0.6 is 11.3 Å². The molecule has 23 heavy (non-hydrogen) atoms. The van der Waals surface area contributed by atoms with Gasteiger partial charge in [0.1, 0.15) is 11.1 Å². The molecule has 2 heterocycles. The maximum absolute atomic E-state index is 10.2. The molecule has 0 bridgehead atoms. The first-order valence-corrected chi connectivity index (χ1v) is 9.67. The lowest BCUT2D eigenvalue weighted by atomic mass is 9.91. The maximum Gasteiger partial charge on any atom is 0.122 e. The number of methoxy groups -OCH3 is 1. The fourth-order valence-corrected chi connectivity index (χ4v) is 4.52. The molecular formula is C17H29N3O2S. The summed E-state index contributed by atoms with van der Waals surface area (Å²) >= 11 is 1.69. The van der Waals surface area contributed by atoms with Crippen LogP contribution in [-0.2, 0) is 11.3 Å². The van der Waals surface area contributed by atoms with Crippen molar-refractivity contribution in [3.05, 3.63) is 16.1 Å². The Kier molecular flexibility index (Phi) is 6.04. The smallest absolute Gasteiger partial charge is 0.122 e. The van der Waals surface area contributed by atoms with Gasteiger partial charge in [-0.3, -0.25) is 9.80 Å². The second kappa shape index (κ2) is 8.03. The molecule has 2 fully saturated rings. The predicted molar refractivity (Wildman–Crippen MR) is 92.7 cm³/mol. The van der Waals surface area contributed by atoms with Gasteiger partial charge < -0.3 is 9.84 Å². The molecule has 0 unspecified atom stereocenters. The fraction of sp³-hybridized carbons (Fsp3) is 0.824. The summed E-state index contributed by atoms with van der Waals surface area (Å²) in [5, 5.41) is 13.4. The van der Waals surface area contributed by atoms with Crippen molar-refractivity contribution in [2.24, 2.45) is 0 Å². The zero-order valence-corrected chi connectivity index (χ0v) is 15.1. The third kappa shape index (κ3) is 4.31. The Labute approximate surface area is 143 Å². The number of ether oxygens (including phenoxy) is 1. The van der Waals surface area contributed by atoms with E-state index in [-0.39, 0.29) is 12.2 Å². The number of hydrogen-bond donors (Lipinski definition) is 1. The summed E-state index contributed by atoms with van der Waals surface area (Å²) in [5.41, 5.74) is 1.15. The highest BCUT2D eigenvalue weighted by Gasteiger charge is 2.30. The van der Waals surface area contributed by atoms with Crippen LogP contribution in [0.2, 0.25) is 0 Å². The van der Waals surface area contributed by atoms with Crippen LogP contribution in [-0.4, -0.2) is 65.3 Å². The Balaban J connectivity index is 1.48. The van der Waals surface area contributed by atoms with Crippen LogP contribution in [0.4, 0.5) is 0 Å². The second-order valence-electron chi connectivity index (χ2n) is 6.79. The van der Waals surface area contributed by atoms with E-state index in [9.17, 15) is 5.11 Å². The minimum atomic E-state index is -0.119. The fourth-order valence-electron chi connectivity index (χ4n) is 3.68. The monoisotopic (exact) mass is 339 g/mol. The van der Waals surface area contributed by atoms with Crippen molar-refractivity contribution in [2.45, 2.75) is 57.4 Å². The molecule has 1 N–H and O–H groups in total. The van der Waals surface area contributed by atoms with Gasteiger partial charge in [0, 0.05) is 51.3 Å². The average molecular weight is 340 g/mol. The van der Waals surface area contributed by atoms with E-state index in [0.29, 0.717) is 6.04 Å². The summed E-state index contributed by atoms with van der Waals surface area (Å²) in [5.74, 6) is 0. The SMILES string of the molecule is CO[C@H](C)c1nc(CN2CCN([C@@H]3CCCC[C@H]3O)CC2)cs1. The van der Waals surface area contributed by atoms with Crippen LogP contribution in [0.1, 0.15) is 49.4 Å². The van der Waals surface area contributed by atoms with Crippen molar-refractivity contribution in [3.63, 3.8) is 0 Å². The molecule has 0 aromatic carbocycles. The number of rotatable bonds is 5. The molecular weight excluding hydrogens is 310 g/mol. The zero-order valence-electron chi connectivity index (χ0n) is 14.3. The van der Waals surface area contributed by atoms with Gasteiger partial charge in [-0.25, -0.2) is 4.98 Å². The summed E-state index contributed by atoms with van der Waals surface area (Å²) in [7, 11) is 1.73. The Bertz CT molecular complexity index is 488. The Hall–Kier alpha value is -0.530. The van der Waals surface area contributed by atoms with Crippen LogP contribution in [0, 0.1) is 0 Å². The van der Waals surface area contributed by atoms with Gasteiger partial charge in [-0.15, -0.1) is 11.3 Å². The molecule has 130 valence electrons. The normalized spacial score (nSPS) is 28.8. The van der Waals surface area contributed by atoms with Crippen LogP contribution in [0.25, 0.3) is 0 Å². The van der Waals surface area contributed by atoms with Crippen molar-refractivity contribution in [1.29, 1.82) is 0 Å². The predicted octanol–water partition coefficient (Wildman–Crippen LogP) is 2.27. The lowest BCUT2D eigenvalue weighted by Gasteiger charge is -2.42. The van der Waals surface area contributed by atoms with Crippen LogP contribution in [0.15, 0.2) is 5.38 Å². The summed E-state index contributed by atoms with van der Waals surface area (Å²) in [6, 6.07) is 0.388. The molecule has 0 radical (unpaired) electrons. The molecule has 1 saturated carbocycles. The number of piperazine rings is 1. The van der Waals surface area contributed by atoms with E-state index in [0.717, 1.165) is 56.3 Å². The summed E-state index contributed by atoms with van der Waals surface area (Å²) in [4.78, 5) is 9.67. The number of aliphatic hydroxyl groups is 1. The first kappa shape index (κ1) is 17.3. The molecule has 1 aliphatic heterocycles. The van der Waals surface area contributed by atoms with E-state index in [2.05, 4.69) is 15.2 Å². The standard InChI is InChI=1S/C17H29N3O2S/c1-13(22-2)17-18-14(12-23-17)11-19-7-9-20(10-8-19)15-5-3-4-6-16(15)21/h12-13,15-16,21H,3-11H2,1-2H3/t13-,15-,16-/m1/s1. The average Bonchev–Trinajstić information content (AvgIpc) is 3.04. The van der Waals surface area contributed by atoms with Crippen molar-refractivity contribution in [3.8, 4) is 0 Å². The van der Waals surface area contributed by atoms with Crippen LogP contribution < -0.4 is 0 Å². The van der Waals surface area contributed by atoms with Gasteiger partial charge >= 0.3 is 0 Å². The summed E-state index contributed by atoms with van der Waals surface area (Å²) in [6.07, 6.45) is 4.55. The van der Waals surface area contributed by atoms with Crippen molar-refractivity contribution >= 4 is 11.3 Å². The van der Waals surface area contributed by atoms with Gasteiger partial charge in [0.2, 0.25) is 0 Å². The lowest BCUT2D eigenvalue weighted by molar-refractivity contribution is -0.00488. The molecule has 3 rings (SSSR count). The van der Waals surface area contributed by atoms with Crippen LogP contribution in [0.3, 0.4) is 0 Å². The van der Waals surface area contributed by atoms with E-state index >= 15 is 0 Å². The van der Waals surface area contributed by atoms with Crippen LogP contribution in [0.5, 0.6) is 0 Å². The van der Waals surface area contributed by atoms with E-state index in [1.807, 2.05) is 6.92 Å². The summed E-state index contributed by atoms with van der Waals surface area (Å²) < 4.78 is 5.33. The molecule has 1 saturated heterocycles. The molecule has 0 spiro atoms. The van der Waals surface area contributed by atoms with Gasteiger partial charge in [-0.1, -0.05) is 12.8 Å². The largest absolute Gasteiger partial charge is 0.391 e. The first-order chi connectivity index (χ1) is 11.2. The van der Waals surface area contributed by atoms with Crippen molar-refractivity contribution < 1.29 is 9.84 Å². The highest BCUT2D eigenvalue weighted by molar-refractivity contribution is 7.09. The van der Waals surface area contributed by atoms with Gasteiger partial charge in [-0.05, 0) is 19.8 Å². The highest BCUT2D eigenvalue weighted by Crippen LogP contribution is 2.25. The first-order valence-electron chi connectivity index (χ1n) is 8.79. The van der Waals surface area contributed by atoms with Crippen molar-refractivity contribution in [2.75, 3.05) is 33.3 Å². The maximum atomic E-state index is 10.2. The number of aromatic nitrogens is 1. The lowest BCUT2D eigenvalue weighted by Crippen LogP contribution is -2.54. The molecule has 1 aliphatic carbocycles. The topological polar surface area (TPSA) is 48.8 Å². The van der Waals surface area contributed by atoms with E-state index in [4.69, 9.17) is 9.72 Å². The van der Waals surface area contributed by atoms with E-state index < -0.39 is 0 Å². The Morgan fingerprint density at radius 1 is 1.30 bits per heavy atom. The minimum Gasteiger partial charge on any atom is -0.391 e. The highest BCUT2D eigenvalue weighted by atomic mass is 32.1. The molecule has 1 aromatic rings. The van der Waals surface area contributed by atoms with E-state index in [1.165, 1.54) is 12.8 Å². The quantitative estimate of drug-likeness (QED) is 0.892. The zero-order chi connectivity index (χ0) is 16.2. The van der Waals surface area contributed by atoms with Gasteiger partial charge in [-0.2, -0.15) is 0 Å². The third-order valence-corrected chi connectivity index (χ3v) is 6.28. The molecule has 1 aromatic heterocycles. The number of hydrogen-bond acceptors (Lipinski definition) is 6. The van der Waals surface area contributed by atoms with Gasteiger partial charge in [0.15, 0.2) is 0 Å². The molecule has 2 aliphatic rings. The molecule has 3 atom stereocenters. The number of thiazole rings is 1. The summed E-state index contributed by atoms with van der Waals surface area (Å²) in [6.45, 7) is 7.22. The second-order valence-corrected chi connectivity index (χ2v) is 7.68. The van der Waals surface area contributed by atoms with E-state index in [1.54, 1.807) is 18.4 Å². The van der Waals surface area contributed by atoms with Gasteiger partial charge in [0.05, 0.1) is 11.8 Å². The number of aliphatic hydroxyl groups excluding tert-OH is 1. The Morgan fingerprint density at radius 2 is 2.04 bits per heavy atom. The Morgan fingerprint density at radius 3 is 2.74 bits per heavy atom. The molecule has 6 heteroatoms. The molecule has 0 amide bonds. The van der Waals surface area contributed by atoms with Crippen molar-refractivity contribution in [1.82, 2.24) is 14.8 Å². The van der Waals surface area contributed by atoms with Gasteiger partial charge in [0.25, 0.3) is 0 Å². The molecule has 5 nitrogen and oxygen atoms in total. The minimum absolute atomic E-state index is 0.0818. The number of nitrogens with zero attached hydrogens (tertiary/aromatic N) is 3.